The molecule has 1 N–H and O–H groups in total. The van der Waals surface area contributed by atoms with Crippen LogP contribution in [0.4, 0.5) is 0 Å². The van der Waals surface area contributed by atoms with E-state index < -0.39 is 0 Å². The summed E-state index contributed by atoms with van der Waals surface area (Å²) in [4.78, 5) is 15.6. The van der Waals surface area contributed by atoms with Gasteiger partial charge in [0.25, 0.3) is 5.91 Å². The number of carbonyl (C=O) groups excluding carboxylic acids is 1. The lowest BCUT2D eigenvalue weighted by molar-refractivity contribution is 0.0916. The number of hydrogen-bond acceptors (Lipinski definition) is 3. The zero-order valence-corrected chi connectivity index (χ0v) is 8.23. The topological polar surface area (TPSA) is 65.8 Å². The molecule has 1 fully saturated rings. The van der Waals surface area contributed by atoms with Crippen LogP contribution in [0.1, 0.15) is 35.2 Å². The van der Waals surface area contributed by atoms with Crippen molar-refractivity contribution in [3.8, 4) is 6.07 Å². The molecule has 1 aliphatic rings. The SMILES string of the molecule is N#Cc1ccncc1C(=O)NC1CCC1. The van der Waals surface area contributed by atoms with Crippen molar-refractivity contribution in [3.63, 3.8) is 0 Å². The van der Waals surface area contributed by atoms with Gasteiger partial charge >= 0.3 is 0 Å². The molecule has 0 bridgehead atoms. The first-order chi connectivity index (χ1) is 7.31. The molecule has 1 saturated carbocycles. The van der Waals surface area contributed by atoms with Crippen molar-refractivity contribution < 1.29 is 4.79 Å². The summed E-state index contributed by atoms with van der Waals surface area (Å²) < 4.78 is 0. The molecule has 0 unspecified atom stereocenters. The van der Waals surface area contributed by atoms with E-state index in [2.05, 4.69) is 10.3 Å². The first kappa shape index (κ1) is 9.66. The molecule has 1 amide bonds. The van der Waals surface area contributed by atoms with Crippen LogP contribution in [-0.4, -0.2) is 16.9 Å². The van der Waals surface area contributed by atoms with Gasteiger partial charge in [-0.2, -0.15) is 5.26 Å². The van der Waals surface area contributed by atoms with E-state index in [4.69, 9.17) is 5.26 Å². The Morgan fingerprint density at radius 1 is 1.60 bits per heavy atom. The quantitative estimate of drug-likeness (QED) is 0.782. The predicted molar refractivity (Wildman–Crippen MR) is 54.1 cm³/mol. The lowest BCUT2D eigenvalue weighted by atomic mass is 9.93. The third kappa shape index (κ3) is 1.96. The van der Waals surface area contributed by atoms with E-state index in [1.54, 1.807) is 6.07 Å². The Hall–Kier alpha value is -1.89. The third-order valence-corrected chi connectivity index (χ3v) is 2.63. The van der Waals surface area contributed by atoms with Crippen molar-refractivity contribution in [3.05, 3.63) is 29.6 Å². The molecule has 0 atom stereocenters. The monoisotopic (exact) mass is 201 g/mol. The second-order valence-electron chi connectivity index (χ2n) is 3.63. The average molecular weight is 201 g/mol. The standard InChI is InChI=1S/C11H11N3O/c12-6-8-4-5-13-7-10(8)11(15)14-9-2-1-3-9/h4-5,7,9H,1-3H2,(H,14,15). The summed E-state index contributed by atoms with van der Waals surface area (Å²) in [7, 11) is 0. The molecule has 1 aromatic heterocycles. The van der Waals surface area contributed by atoms with Gasteiger partial charge < -0.3 is 5.32 Å². The summed E-state index contributed by atoms with van der Waals surface area (Å²) in [5.74, 6) is -0.190. The summed E-state index contributed by atoms with van der Waals surface area (Å²) in [6, 6.07) is 3.82. The first-order valence-electron chi connectivity index (χ1n) is 4.96. The number of nitriles is 1. The Kier molecular flexibility index (Phi) is 2.64. The van der Waals surface area contributed by atoms with E-state index in [0.717, 1.165) is 12.8 Å². The van der Waals surface area contributed by atoms with Crippen LogP contribution in [0, 0.1) is 11.3 Å². The Bertz CT molecular complexity index is 418. The summed E-state index contributed by atoms with van der Waals surface area (Å²) in [6.45, 7) is 0. The number of pyridine rings is 1. The van der Waals surface area contributed by atoms with Crippen LogP contribution in [0.15, 0.2) is 18.5 Å². The normalized spacial score (nSPS) is 15.1. The van der Waals surface area contributed by atoms with E-state index >= 15 is 0 Å². The van der Waals surface area contributed by atoms with Gasteiger partial charge in [0.05, 0.1) is 11.1 Å². The minimum Gasteiger partial charge on any atom is -0.349 e. The Balaban J connectivity index is 2.14. The summed E-state index contributed by atoms with van der Waals surface area (Å²) >= 11 is 0. The maximum Gasteiger partial charge on any atom is 0.254 e. The van der Waals surface area contributed by atoms with Gasteiger partial charge in [0.2, 0.25) is 0 Å². The number of amides is 1. The lowest BCUT2D eigenvalue weighted by Gasteiger charge is -2.26. The smallest absolute Gasteiger partial charge is 0.254 e. The van der Waals surface area contributed by atoms with Crippen LogP contribution in [0.25, 0.3) is 0 Å². The van der Waals surface area contributed by atoms with Crippen molar-refractivity contribution in [2.24, 2.45) is 0 Å². The molecule has 0 spiro atoms. The van der Waals surface area contributed by atoms with Crippen molar-refractivity contribution >= 4 is 5.91 Å². The van der Waals surface area contributed by atoms with Crippen LogP contribution in [0.2, 0.25) is 0 Å². The number of rotatable bonds is 2. The number of aromatic nitrogens is 1. The van der Waals surface area contributed by atoms with E-state index in [1.165, 1.54) is 18.8 Å². The van der Waals surface area contributed by atoms with Crippen molar-refractivity contribution in [2.75, 3.05) is 0 Å². The van der Waals surface area contributed by atoms with Gasteiger partial charge in [-0.3, -0.25) is 9.78 Å². The lowest BCUT2D eigenvalue weighted by Crippen LogP contribution is -2.39. The maximum absolute atomic E-state index is 11.7. The Morgan fingerprint density at radius 2 is 2.40 bits per heavy atom. The van der Waals surface area contributed by atoms with Gasteiger partial charge in [-0.05, 0) is 25.3 Å². The molecule has 2 rings (SSSR count). The van der Waals surface area contributed by atoms with Gasteiger partial charge in [-0.15, -0.1) is 0 Å². The van der Waals surface area contributed by atoms with Crippen LogP contribution in [0.3, 0.4) is 0 Å². The van der Waals surface area contributed by atoms with Gasteiger partial charge in [0.1, 0.15) is 6.07 Å². The molecule has 0 radical (unpaired) electrons. The van der Waals surface area contributed by atoms with Crippen LogP contribution in [0.5, 0.6) is 0 Å². The molecule has 4 heteroatoms. The molecule has 15 heavy (non-hydrogen) atoms. The van der Waals surface area contributed by atoms with Crippen molar-refractivity contribution in [2.45, 2.75) is 25.3 Å². The number of carbonyl (C=O) groups is 1. The maximum atomic E-state index is 11.7. The molecule has 1 heterocycles. The summed E-state index contributed by atoms with van der Waals surface area (Å²) in [5, 5.41) is 11.7. The highest BCUT2D eigenvalue weighted by atomic mass is 16.1. The summed E-state index contributed by atoms with van der Waals surface area (Å²) in [6.07, 6.45) is 6.19. The van der Waals surface area contributed by atoms with Gasteiger partial charge in [-0.25, -0.2) is 0 Å². The highest BCUT2D eigenvalue weighted by molar-refractivity contribution is 5.96. The second-order valence-corrected chi connectivity index (χ2v) is 3.63. The van der Waals surface area contributed by atoms with Gasteiger partial charge in [0, 0.05) is 18.4 Å². The van der Waals surface area contributed by atoms with Crippen molar-refractivity contribution in [1.29, 1.82) is 5.26 Å². The van der Waals surface area contributed by atoms with Crippen LogP contribution >= 0.6 is 0 Å². The Labute approximate surface area is 87.9 Å². The molecular weight excluding hydrogens is 190 g/mol. The molecule has 76 valence electrons. The molecule has 0 aliphatic heterocycles. The largest absolute Gasteiger partial charge is 0.349 e. The van der Waals surface area contributed by atoms with Crippen LogP contribution in [-0.2, 0) is 0 Å². The molecular formula is C11H11N3O. The predicted octanol–water partition coefficient (Wildman–Crippen LogP) is 1.24. The fraction of sp³-hybridized carbons (Fsp3) is 0.364. The summed E-state index contributed by atoms with van der Waals surface area (Å²) in [5.41, 5.74) is 0.744. The third-order valence-electron chi connectivity index (χ3n) is 2.63. The second kappa shape index (κ2) is 4.09. The Morgan fingerprint density at radius 3 is 3.00 bits per heavy atom. The molecule has 0 aromatic carbocycles. The van der Waals surface area contributed by atoms with Crippen molar-refractivity contribution in [1.82, 2.24) is 10.3 Å². The first-order valence-corrected chi connectivity index (χ1v) is 4.96. The zero-order valence-electron chi connectivity index (χ0n) is 8.23. The minimum absolute atomic E-state index is 0.190. The fourth-order valence-corrected chi connectivity index (χ4v) is 1.49. The molecule has 1 aliphatic carbocycles. The highest BCUT2D eigenvalue weighted by Crippen LogP contribution is 2.18. The number of nitrogens with zero attached hydrogens (tertiary/aromatic N) is 2. The van der Waals surface area contributed by atoms with E-state index in [9.17, 15) is 4.79 Å². The van der Waals surface area contributed by atoms with Crippen LogP contribution < -0.4 is 5.32 Å². The molecule has 0 saturated heterocycles. The van der Waals surface area contributed by atoms with Gasteiger partial charge in [-0.1, -0.05) is 0 Å². The fourth-order valence-electron chi connectivity index (χ4n) is 1.49. The number of nitrogens with one attached hydrogen (secondary N) is 1. The molecule has 4 nitrogen and oxygen atoms in total. The van der Waals surface area contributed by atoms with E-state index in [1.807, 2.05) is 6.07 Å². The number of hydrogen-bond donors (Lipinski definition) is 1. The van der Waals surface area contributed by atoms with E-state index in [-0.39, 0.29) is 11.9 Å². The molecule has 1 aromatic rings. The minimum atomic E-state index is -0.190. The zero-order chi connectivity index (χ0) is 10.7. The van der Waals surface area contributed by atoms with E-state index in [0.29, 0.717) is 11.1 Å². The average Bonchev–Trinajstić information content (AvgIpc) is 2.23. The highest BCUT2D eigenvalue weighted by Gasteiger charge is 2.21. The van der Waals surface area contributed by atoms with Gasteiger partial charge in [0.15, 0.2) is 0 Å².